The number of nitrogens with zero attached hydrogens (tertiary/aromatic N) is 8. The molecule has 0 unspecified atom stereocenters. The lowest BCUT2D eigenvalue weighted by molar-refractivity contribution is 0.883. The summed E-state index contributed by atoms with van der Waals surface area (Å²) < 4.78 is 3.58. The Kier molecular flexibility index (Phi) is 8.70. The first-order chi connectivity index (χ1) is 24.4. The van der Waals surface area contributed by atoms with Crippen LogP contribution >= 0.6 is 0 Å². The number of hydrazone groups is 2. The van der Waals surface area contributed by atoms with Crippen molar-refractivity contribution in [3.8, 4) is 33.9 Å². The molecular weight excluding hydrogens is 632 g/mol. The number of para-hydroxylation sites is 2. The van der Waals surface area contributed by atoms with Crippen LogP contribution in [0.15, 0.2) is 129 Å². The second kappa shape index (κ2) is 13.9. The highest BCUT2D eigenvalue weighted by molar-refractivity contribution is 5.91. The molecule has 4 aromatic heterocycles. The van der Waals surface area contributed by atoms with Crippen LogP contribution in [0.25, 0.3) is 33.9 Å². The fourth-order valence-corrected chi connectivity index (χ4v) is 5.21. The number of hydrogen-bond acceptors (Lipinski definition) is 10. The van der Waals surface area contributed by atoms with Crippen LogP contribution < -0.4 is 22.0 Å². The maximum Gasteiger partial charge on any atom is 0.274 e. The highest BCUT2D eigenvalue weighted by Gasteiger charge is 2.15. The molecule has 0 bridgehead atoms. The molecule has 0 spiro atoms. The summed E-state index contributed by atoms with van der Waals surface area (Å²) in [4.78, 5) is 37.5. The van der Waals surface area contributed by atoms with Crippen LogP contribution in [0.4, 0.5) is 11.9 Å². The normalized spacial score (nSPS) is 11.4. The van der Waals surface area contributed by atoms with E-state index in [0.29, 0.717) is 22.8 Å². The van der Waals surface area contributed by atoms with Crippen LogP contribution in [0.2, 0.25) is 0 Å². The third-order valence-electron chi connectivity index (χ3n) is 7.46. The van der Waals surface area contributed by atoms with Crippen LogP contribution in [-0.2, 0) is 0 Å². The summed E-state index contributed by atoms with van der Waals surface area (Å²) in [5.41, 5.74) is 12.5. The number of aromatic amines is 2. The second-order valence-corrected chi connectivity index (χ2v) is 11.2. The number of aryl methyl sites for hydroxylation is 2. The average Bonchev–Trinajstić information content (AvgIpc) is 3.73. The first-order valence-corrected chi connectivity index (χ1v) is 15.5. The van der Waals surface area contributed by atoms with Crippen LogP contribution in [0.3, 0.4) is 0 Å². The molecule has 0 fully saturated rings. The Morgan fingerprint density at radius 1 is 0.600 bits per heavy atom. The largest absolute Gasteiger partial charge is 0.328 e. The van der Waals surface area contributed by atoms with Crippen LogP contribution in [0, 0.1) is 13.8 Å². The number of hydrogen-bond donors (Lipinski definition) is 4. The lowest BCUT2D eigenvalue weighted by atomic mass is 10.0. The molecule has 7 rings (SSSR count). The number of aromatic nitrogens is 8. The van der Waals surface area contributed by atoms with Gasteiger partial charge in [-0.2, -0.15) is 30.4 Å². The Bertz CT molecular complexity index is 2270. The van der Waals surface area contributed by atoms with E-state index in [0.717, 1.165) is 33.6 Å². The summed E-state index contributed by atoms with van der Waals surface area (Å²) in [7, 11) is 0. The minimum atomic E-state index is -0.365. The third-order valence-corrected chi connectivity index (χ3v) is 7.46. The van der Waals surface area contributed by atoms with Crippen LogP contribution in [0.5, 0.6) is 0 Å². The number of anilines is 2. The highest BCUT2D eigenvalue weighted by Crippen LogP contribution is 2.28. The number of H-pyrrole nitrogens is 2. The van der Waals surface area contributed by atoms with Gasteiger partial charge in [0.25, 0.3) is 11.1 Å². The van der Waals surface area contributed by atoms with Crippen molar-refractivity contribution in [3.63, 3.8) is 0 Å². The number of benzene rings is 3. The van der Waals surface area contributed by atoms with E-state index in [9.17, 15) is 9.59 Å². The molecule has 7 aromatic rings. The molecule has 0 saturated heterocycles. The van der Waals surface area contributed by atoms with Gasteiger partial charge in [-0.1, -0.05) is 60.7 Å². The fourth-order valence-electron chi connectivity index (χ4n) is 5.21. The first-order valence-electron chi connectivity index (χ1n) is 15.5. The van der Waals surface area contributed by atoms with E-state index in [2.05, 4.69) is 41.0 Å². The molecule has 0 saturated carbocycles. The van der Waals surface area contributed by atoms with Crippen molar-refractivity contribution < 1.29 is 0 Å². The maximum atomic E-state index is 11.8. The van der Waals surface area contributed by atoms with Crippen molar-refractivity contribution in [2.75, 3.05) is 10.9 Å². The quantitative estimate of drug-likeness (QED) is 0.116. The molecular formula is C36H30N12O2. The smallest absolute Gasteiger partial charge is 0.274 e. The van der Waals surface area contributed by atoms with Gasteiger partial charge in [0.2, 0.25) is 11.9 Å². The summed E-state index contributed by atoms with van der Waals surface area (Å²) in [5.74, 6) is 0.473. The van der Waals surface area contributed by atoms with E-state index < -0.39 is 0 Å². The zero-order chi connectivity index (χ0) is 34.5. The van der Waals surface area contributed by atoms with Crippen molar-refractivity contribution >= 4 is 24.3 Å². The standard InChI is InChI=1S/C36H30N12O2/c1-23-17-31(49)41-35(39-23)43-37-19-27-21-47(29-9-5-3-6-10-29)45-33(27)25-13-15-26(16-14-25)34-28(22-48(46-34)30-11-7-4-8-12-30)20-38-44-36-40-24(2)18-32(50)42-36/h3-22H,1-2H3,(H2,39,41,43,49)(H2,40,42,44,50). The average molecular weight is 663 g/mol. The lowest BCUT2D eigenvalue weighted by Crippen LogP contribution is -2.10. The zero-order valence-electron chi connectivity index (χ0n) is 26.9. The molecule has 3 aromatic carbocycles. The van der Waals surface area contributed by atoms with Gasteiger partial charge >= 0.3 is 0 Å². The molecule has 4 N–H and O–H groups in total. The molecule has 14 nitrogen and oxygen atoms in total. The minimum absolute atomic E-state index is 0.237. The molecule has 0 aliphatic heterocycles. The summed E-state index contributed by atoms with van der Waals surface area (Å²) in [6.07, 6.45) is 7.04. The third kappa shape index (κ3) is 7.18. The van der Waals surface area contributed by atoms with Gasteiger partial charge in [0, 0.05) is 58.2 Å². The van der Waals surface area contributed by atoms with E-state index in [1.807, 2.05) is 97.3 Å². The van der Waals surface area contributed by atoms with Crippen molar-refractivity contribution in [2.24, 2.45) is 10.2 Å². The molecule has 246 valence electrons. The maximum absolute atomic E-state index is 11.8. The fraction of sp³-hybridized carbons (Fsp3) is 0.0556. The molecule has 0 atom stereocenters. The highest BCUT2D eigenvalue weighted by atomic mass is 16.1. The molecule has 0 amide bonds. The molecule has 50 heavy (non-hydrogen) atoms. The molecule has 0 radical (unpaired) electrons. The Labute approximate surface area is 284 Å². The molecule has 14 heteroatoms. The van der Waals surface area contributed by atoms with Crippen molar-refractivity contribution in [2.45, 2.75) is 13.8 Å². The minimum Gasteiger partial charge on any atom is -0.328 e. The first kappa shape index (κ1) is 31.4. The Hall–Kier alpha value is -7.22. The van der Waals surface area contributed by atoms with Gasteiger partial charge < -0.3 is 9.97 Å². The zero-order valence-corrected chi connectivity index (χ0v) is 26.9. The summed E-state index contributed by atoms with van der Waals surface area (Å²) >= 11 is 0. The molecule has 0 aliphatic carbocycles. The Morgan fingerprint density at radius 2 is 1.00 bits per heavy atom. The predicted octanol–water partition coefficient (Wildman–Crippen LogP) is 5.07. The monoisotopic (exact) mass is 662 g/mol. The molecule has 4 heterocycles. The van der Waals surface area contributed by atoms with Gasteiger partial charge in [-0.25, -0.2) is 20.2 Å². The van der Waals surface area contributed by atoms with Crippen molar-refractivity contribution in [3.05, 3.63) is 153 Å². The van der Waals surface area contributed by atoms with Gasteiger partial charge in [-0.15, -0.1) is 0 Å². The van der Waals surface area contributed by atoms with Crippen molar-refractivity contribution in [1.82, 2.24) is 39.5 Å². The van der Waals surface area contributed by atoms with Crippen LogP contribution in [0.1, 0.15) is 22.5 Å². The number of rotatable bonds is 10. The summed E-state index contributed by atoms with van der Waals surface area (Å²) in [6, 6.07) is 30.3. The second-order valence-electron chi connectivity index (χ2n) is 11.2. The SMILES string of the molecule is Cc1cc(=O)nc(NN=Cc2cn(-c3ccccc3)nc2-c2ccc(-c3nn(-c4ccccc4)cc3C=NNc3nc(=O)cc(C)[nH]3)cc2)[nH]1. The molecule has 0 aliphatic rings. The van der Waals surface area contributed by atoms with E-state index in [1.54, 1.807) is 35.6 Å². The van der Waals surface area contributed by atoms with Crippen molar-refractivity contribution in [1.29, 1.82) is 0 Å². The van der Waals surface area contributed by atoms with E-state index >= 15 is 0 Å². The lowest BCUT2D eigenvalue weighted by Gasteiger charge is -2.04. The summed E-state index contributed by atoms with van der Waals surface area (Å²) in [5, 5.41) is 18.5. The van der Waals surface area contributed by atoms with Crippen LogP contribution in [-0.4, -0.2) is 51.9 Å². The number of nitrogens with one attached hydrogen (secondary N) is 4. The Balaban J connectivity index is 1.22. The van der Waals surface area contributed by atoms with Gasteiger partial charge in [-0.05, 0) is 38.1 Å². The van der Waals surface area contributed by atoms with Gasteiger partial charge in [0.15, 0.2) is 0 Å². The topological polar surface area (TPSA) is 176 Å². The predicted molar refractivity (Wildman–Crippen MR) is 193 cm³/mol. The van der Waals surface area contributed by atoms with E-state index in [-0.39, 0.29) is 23.0 Å². The van der Waals surface area contributed by atoms with Gasteiger partial charge in [-0.3, -0.25) is 9.59 Å². The van der Waals surface area contributed by atoms with Gasteiger partial charge in [0.05, 0.1) is 23.8 Å². The summed E-state index contributed by atoms with van der Waals surface area (Å²) in [6.45, 7) is 3.54. The Morgan fingerprint density at radius 3 is 1.38 bits per heavy atom. The van der Waals surface area contributed by atoms with E-state index in [4.69, 9.17) is 10.2 Å². The van der Waals surface area contributed by atoms with Gasteiger partial charge in [0.1, 0.15) is 11.4 Å². The van der Waals surface area contributed by atoms with E-state index in [1.165, 1.54) is 12.1 Å².